The van der Waals surface area contributed by atoms with E-state index < -0.39 is 33.5 Å². The van der Waals surface area contributed by atoms with Crippen molar-refractivity contribution in [2.24, 2.45) is 0 Å². The zero-order valence-corrected chi connectivity index (χ0v) is 14.9. The van der Waals surface area contributed by atoms with Crippen LogP contribution in [-0.2, 0) is 19.4 Å². The summed E-state index contributed by atoms with van der Waals surface area (Å²) in [6, 6.07) is 6.38. The van der Waals surface area contributed by atoms with Gasteiger partial charge in [0.25, 0.3) is 0 Å². The Morgan fingerprint density at radius 2 is 1.88 bits per heavy atom. The fraction of sp³-hybridized carbons (Fsp3) is 0.529. The van der Waals surface area contributed by atoms with Gasteiger partial charge in [0.2, 0.25) is 5.91 Å². The van der Waals surface area contributed by atoms with E-state index in [2.05, 4.69) is 5.32 Å². The minimum atomic E-state index is -3.48. The van der Waals surface area contributed by atoms with Gasteiger partial charge in [0, 0.05) is 0 Å². The van der Waals surface area contributed by atoms with Crippen LogP contribution in [-0.4, -0.2) is 36.9 Å². The predicted octanol–water partition coefficient (Wildman–Crippen LogP) is 2.23. The average Bonchev–Trinajstić information content (AvgIpc) is 2.46. The number of sulfone groups is 1. The Hall–Kier alpha value is -1.89. The molecular formula is C17H25NO5S. The van der Waals surface area contributed by atoms with Gasteiger partial charge in [-0.15, -0.1) is 0 Å². The summed E-state index contributed by atoms with van der Waals surface area (Å²) in [6.07, 6.45) is 1.93. The summed E-state index contributed by atoms with van der Waals surface area (Å²) in [5.41, 5.74) is 1.52. The number of aliphatic carboxylic acids is 1. The van der Waals surface area contributed by atoms with E-state index in [1.54, 1.807) is 12.1 Å². The molecule has 0 bridgehead atoms. The van der Waals surface area contributed by atoms with E-state index in [9.17, 15) is 18.0 Å². The minimum Gasteiger partial charge on any atom is -0.481 e. The Balaban J connectivity index is 2.78. The summed E-state index contributed by atoms with van der Waals surface area (Å²) in [6.45, 7) is 3.79. The lowest BCUT2D eigenvalue weighted by Crippen LogP contribution is -2.35. The summed E-state index contributed by atoms with van der Waals surface area (Å²) in [7, 11) is -3.48. The largest absolute Gasteiger partial charge is 0.481 e. The van der Waals surface area contributed by atoms with Crippen LogP contribution >= 0.6 is 0 Å². The first-order chi connectivity index (χ1) is 11.2. The quantitative estimate of drug-likeness (QED) is 0.627. The van der Waals surface area contributed by atoms with E-state index in [1.165, 1.54) is 0 Å². The first-order valence-corrected chi connectivity index (χ1v) is 9.84. The molecule has 1 amide bonds. The molecule has 0 aliphatic carbocycles. The summed E-state index contributed by atoms with van der Waals surface area (Å²) < 4.78 is 23.9. The number of nitrogens with one attached hydrogen (secondary N) is 1. The first-order valence-electron chi connectivity index (χ1n) is 8.02. The first kappa shape index (κ1) is 20.2. The Morgan fingerprint density at radius 3 is 2.46 bits per heavy atom. The van der Waals surface area contributed by atoms with Crippen LogP contribution in [0.3, 0.4) is 0 Å². The highest BCUT2D eigenvalue weighted by atomic mass is 32.2. The van der Waals surface area contributed by atoms with Crippen molar-refractivity contribution in [1.29, 1.82) is 0 Å². The van der Waals surface area contributed by atoms with Crippen LogP contribution in [0.1, 0.15) is 49.8 Å². The highest BCUT2D eigenvalue weighted by molar-refractivity contribution is 7.92. The molecule has 6 nitrogen and oxygen atoms in total. The lowest BCUT2D eigenvalue weighted by atomic mass is 9.99. The molecule has 1 atom stereocenters. The SMILES string of the molecule is CCCCCS(=O)(=O)CC(=O)NC(CC(=O)O)c1ccccc1C. The average molecular weight is 355 g/mol. The Bertz CT molecular complexity index is 669. The van der Waals surface area contributed by atoms with Gasteiger partial charge in [-0.3, -0.25) is 9.59 Å². The molecule has 0 aromatic heterocycles. The number of amides is 1. The molecule has 134 valence electrons. The second kappa shape index (κ2) is 9.42. The second-order valence-corrected chi connectivity index (χ2v) is 8.06. The molecule has 7 heteroatoms. The number of hydrogen-bond acceptors (Lipinski definition) is 4. The molecule has 0 aliphatic heterocycles. The molecule has 0 saturated carbocycles. The van der Waals surface area contributed by atoms with Crippen molar-refractivity contribution in [2.75, 3.05) is 11.5 Å². The van der Waals surface area contributed by atoms with Crippen molar-refractivity contribution in [3.05, 3.63) is 35.4 Å². The Labute approximate surface area is 143 Å². The van der Waals surface area contributed by atoms with Crippen LogP contribution in [0.2, 0.25) is 0 Å². The van der Waals surface area contributed by atoms with Crippen molar-refractivity contribution < 1.29 is 23.1 Å². The number of carboxylic acids is 1. The number of benzene rings is 1. The lowest BCUT2D eigenvalue weighted by molar-refractivity contribution is -0.137. The molecule has 0 saturated heterocycles. The van der Waals surface area contributed by atoms with Gasteiger partial charge in [-0.05, 0) is 24.5 Å². The molecule has 1 aromatic carbocycles. The zero-order valence-electron chi connectivity index (χ0n) is 14.1. The highest BCUT2D eigenvalue weighted by Crippen LogP contribution is 2.20. The van der Waals surface area contributed by atoms with Gasteiger partial charge in [-0.25, -0.2) is 8.42 Å². The maximum absolute atomic E-state index is 12.1. The molecule has 2 N–H and O–H groups in total. The van der Waals surface area contributed by atoms with Crippen LogP contribution in [0.4, 0.5) is 0 Å². The van der Waals surface area contributed by atoms with E-state index in [-0.39, 0.29) is 12.2 Å². The second-order valence-electron chi connectivity index (χ2n) is 5.87. The molecular weight excluding hydrogens is 330 g/mol. The monoisotopic (exact) mass is 355 g/mol. The van der Waals surface area contributed by atoms with Gasteiger partial charge >= 0.3 is 5.97 Å². The fourth-order valence-electron chi connectivity index (χ4n) is 2.47. The number of rotatable bonds is 10. The predicted molar refractivity (Wildman–Crippen MR) is 92.5 cm³/mol. The molecule has 1 rings (SSSR count). The summed E-state index contributed by atoms with van der Waals surface area (Å²) in [5, 5.41) is 11.6. The van der Waals surface area contributed by atoms with Crippen molar-refractivity contribution in [3.63, 3.8) is 0 Å². The highest BCUT2D eigenvalue weighted by Gasteiger charge is 2.23. The molecule has 0 fully saturated rings. The standard InChI is InChI=1S/C17H25NO5S/c1-3-4-7-10-24(22,23)12-16(19)18-15(11-17(20)21)14-9-6-5-8-13(14)2/h5-6,8-9,15H,3-4,7,10-12H2,1-2H3,(H,18,19)(H,20,21). The topological polar surface area (TPSA) is 101 Å². The Morgan fingerprint density at radius 1 is 1.21 bits per heavy atom. The van der Waals surface area contributed by atoms with Gasteiger partial charge in [0.05, 0.1) is 18.2 Å². The number of carbonyl (C=O) groups is 2. The number of carboxylic acid groups (broad SMARTS) is 1. The van der Waals surface area contributed by atoms with Gasteiger partial charge < -0.3 is 10.4 Å². The maximum atomic E-state index is 12.1. The fourth-order valence-corrected chi connectivity index (χ4v) is 3.74. The summed E-state index contributed by atoms with van der Waals surface area (Å²) in [4.78, 5) is 23.2. The zero-order chi connectivity index (χ0) is 18.2. The third kappa shape index (κ3) is 7.12. The molecule has 0 spiro atoms. The third-order valence-electron chi connectivity index (χ3n) is 3.69. The van der Waals surface area contributed by atoms with Crippen LogP contribution in [0, 0.1) is 6.92 Å². The number of unbranched alkanes of at least 4 members (excludes halogenated alkanes) is 2. The number of carbonyl (C=O) groups excluding carboxylic acids is 1. The summed E-state index contributed by atoms with van der Waals surface area (Å²) >= 11 is 0. The van der Waals surface area contributed by atoms with Crippen molar-refractivity contribution in [3.8, 4) is 0 Å². The minimum absolute atomic E-state index is 0.0256. The van der Waals surface area contributed by atoms with Gasteiger partial charge in [0.1, 0.15) is 5.75 Å². The van der Waals surface area contributed by atoms with Crippen molar-refractivity contribution >= 4 is 21.7 Å². The van der Waals surface area contributed by atoms with E-state index in [0.717, 1.165) is 18.4 Å². The molecule has 1 aromatic rings. The van der Waals surface area contributed by atoms with E-state index in [1.807, 2.05) is 26.0 Å². The summed E-state index contributed by atoms with van der Waals surface area (Å²) in [5.74, 6) is -2.36. The van der Waals surface area contributed by atoms with Gasteiger partial charge in [-0.2, -0.15) is 0 Å². The van der Waals surface area contributed by atoms with Crippen LogP contribution < -0.4 is 5.32 Å². The molecule has 0 radical (unpaired) electrons. The van der Waals surface area contributed by atoms with Gasteiger partial charge in [0.15, 0.2) is 9.84 Å². The van der Waals surface area contributed by atoms with E-state index >= 15 is 0 Å². The smallest absolute Gasteiger partial charge is 0.305 e. The van der Waals surface area contributed by atoms with Crippen LogP contribution in [0.5, 0.6) is 0 Å². The molecule has 24 heavy (non-hydrogen) atoms. The number of aryl methyl sites for hydroxylation is 1. The normalized spacial score (nSPS) is 12.6. The van der Waals surface area contributed by atoms with Gasteiger partial charge in [-0.1, -0.05) is 44.0 Å². The van der Waals surface area contributed by atoms with Crippen molar-refractivity contribution in [1.82, 2.24) is 5.32 Å². The van der Waals surface area contributed by atoms with Crippen molar-refractivity contribution in [2.45, 2.75) is 45.6 Å². The molecule has 0 aliphatic rings. The van der Waals surface area contributed by atoms with Crippen LogP contribution in [0.15, 0.2) is 24.3 Å². The maximum Gasteiger partial charge on any atom is 0.305 e. The Kier molecular flexibility index (Phi) is 7.91. The van der Waals surface area contributed by atoms with E-state index in [4.69, 9.17) is 5.11 Å². The number of hydrogen-bond donors (Lipinski definition) is 2. The van der Waals surface area contributed by atoms with E-state index in [0.29, 0.717) is 12.0 Å². The molecule has 1 unspecified atom stereocenters. The molecule has 0 heterocycles. The third-order valence-corrected chi connectivity index (χ3v) is 5.30. The van der Waals surface area contributed by atoms with Crippen LogP contribution in [0.25, 0.3) is 0 Å². The lowest BCUT2D eigenvalue weighted by Gasteiger charge is -2.19.